The molecule has 0 saturated heterocycles. The molecular weight excluding hydrogens is 413 g/mol. The number of rotatable bonds is 0. The Bertz CT molecular complexity index is 1420. The molecule has 1 atom stereocenters. The van der Waals surface area contributed by atoms with Gasteiger partial charge in [-0.2, -0.15) is 25.4 Å². The van der Waals surface area contributed by atoms with Gasteiger partial charge in [0.05, 0.1) is 28.8 Å². The van der Waals surface area contributed by atoms with Crippen molar-refractivity contribution in [2.45, 2.75) is 19.4 Å². The van der Waals surface area contributed by atoms with Gasteiger partial charge < -0.3 is 10.5 Å². The zero-order valence-electron chi connectivity index (χ0n) is 17.5. The fourth-order valence-corrected chi connectivity index (χ4v) is 3.94. The summed E-state index contributed by atoms with van der Waals surface area (Å²) in [5, 5.41) is 23.3. The number of nitriles is 1. The highest BCUT2D eigenvalue weighted by Gasteiger charge is 2.27. The number of ether oxygens (including phenoxy) is 1. The third-order valence-corrected chi connectivity index (χ3v) is 5.36. The Morgan fingerprint density at radius 2 is 2.03 bits per heavy atom. The van der Waals surface area contributed by atoms with E-state index in [2.05, 4.69) is 31.3 Å². The maximum atomic E-state index is 14.2. The molecule has 4 aromatic rings. The summed E-state index contributed by atoms with van der Waals surface area (Å²) in [7, 11) is 3.40. The molecule has 3 aromatic heterocycles. The van der Waals surface area contributed by atoms with Crippen molar-refractivity contribution in [3.05, 3.63) is 52.9 Å². The van der Waals surface area contributed by atoms with Crippen LogP contribution in [0.25, 0.3) is 22.5 Å². The van der Waals surface area contributed by atoms with Gasteiger partial charge in [0.2, 0.25) is 0 Å². The molecule has 1 aliphatic rings. The van der Waals surface area contributed by atoms with Crippen LogP contribution < -0.4 is 10.5 Å². The molecule has 5 rings (SSSR count). The first kappa shape index (κ1) is 19.6. The van der Waals surface area contributed by atoms with E-state index in [0.29, 0.717) is 45.2 Å². The molecule has 0 fully saturated rings. The first-order valence-corrected chi connectivity index (χ1v) is 9.81. The molecule has 1 aromatic carbocycles. The normalized spacial score (nSPS) is 14.8. The number of anilines is 1. The minimum absolute atomic E-state index is 0.0831. The topological polar surface area (TPSA) is 133 Å². The van der Waals surface area contributed by atoms with Crippen molar-refractivity contribution < 1.29 is 9.13 Å². The predicted octanol–water partition coefficient (Wildman–Crippen LogP) is 2.31. The molecule has 0 amide bonds. The van der Waals surface area contributed by atoms with Crippen LogP contribution in [-0.2, 0) is 20.5 Å². The van der Waals surface area contributed by atoms with Crippen molar-refractivity contribution in [2.75, 3.05) is 5.73 Å². The van der Waals surface area contributed by atoms with Gasteiger partial charge in [-0.15, -0.1) is 0 Å². The lowest BCUT2D eigenvalue weighted by Gasteiger charge is -2.19. The lowest BCUT2D eigenvalue weighted by Crippen LogP contribution is -2.11. The van der Waals surface area contributed by atoms with Crippen molar-refractivity contribution in [2.24, 2.45) is 14.1 Å². The summed E-state index contributed by atoms with van der Waals surface area (Å²) in [5.41, 5.74) is 10.3. The van der Waals surface area contributed by atoms with Crippen LogP contribution in [0.5, 0.6) is 5.88 Å². The highest BCUT2D eigenvalue weighted by Crippen LogP contribution is 2.36. The number of hydrogen-bond acceptors (Lipinski definition) is 8. The summed E-state index contributed by atoms with van der Waals surface area (Å²) < 4.78 is 21.7. The van der Waals surface area contributed by atoms with Gasteiger partial charge in [0.15, 0.2) is 5.82 Å². The zero-order valence-corrected chi connectivity index (χ0v) is 17.5. The number of aromatic nitrogens is 7. The van der Waals surface area contributed by atoms with Crippen LogP contribution in [0.15, 0.2) is 24.4 Å². The number of halogens is 1. The smallest absolute Gasteiger partial charge is 0.258 e. The van der Waals surface area contributed by atoms with Gasteiger partial charge in [0.25, 0.3) is 5.88 Å². The van der Waals surface area contributed by atoms with Gasteiger partial charge in [-0.1, -0.05) is 0 Å². The summed E-state index contributed by atoms with van der Waals surface area (Å²) >= 11 is 0. The van der Waals surface area contributed by atoms with E-state index in [-0.39, 0.29) is 18.1 Å². The minimum Gasteiger partial charge on any atom is -0.467 e. The number of nitrogens with two attached hydrogens (primary N) is 1. The summed E-state index contributed by atoms with van der Waals surface area (Å²) in [6.45, 7) is 1.77. The van der Waals surface area contributed by atoms with Crippen molar-refractivity contribution >= 4 is 5.82 Å². The van der Waals surface area contributed by atoms with Gasteiger partial charge in [0.1, 0.15) is 29.4 Å². The SMILES string of the molecule is C[C@H]1Oc2nc(cnc2N)-c2c(nn(C)c2C#N)Cc2nn(C)nc2-c2ccc(F)cc21. The third-order valence-electron chi connectivity index (χ3n) is 5.36. The van der Waals surface area contributed by atoms with Gasteiger partial charge in [0, 0.05) is 31.6 Å². The Morgan fingerprint density at radius 3 is 2.81 bits per heavy atom. The van der Waals surface area contributed by atoms with E-state index in [9.17, 15) is 9.65 Å². The molecule has 4 heterocycles. The van der Waals surface area contributed by atoms with E-state index in [0.717, 1.165) is 0 Å². The maximum Gasteiger partial charge on any atom is 0.258 e. The molecule has 10 nitrogen and oxygen atoms in total. The van der Waals surface area contributed by atoms with Gasteiger partial charge >= 0.3 is 0 Å². The Morgan fingerprint density at radius 1 is 1.22 bits per heavy atom. The van der Waals surface area contributed by atoms with Crippen molar-refractivity contribution in [1.29, 1.82) is 5.26 Å². The first-order chi connectivity index (χ1) is 15.4. The minimum atomic E-state index is -0.620. The van der Waals surface area contributed by atoms with Crippen LogP contribution >= 0.6 is 0 Å². The number of hydrogen-bond donors (Lipinski definition) is 1. The highest BCUT2D eigenvalue weighted by molar-refractivity contribution is 5.72. The van der Waals surface area contributed by atoms with E-state index in [4.69, 9.17) is 10.5 Å². The number of benzene rings is 1. The first-order valence-electron chi connectivity index (χ1n) is 9.81. The van der Waals surface area contributed by atoms with Gasteiger partial charge in [-0.3, -0.25) is 4.68 Å². The molecule has 0 radical (unpaired) electrons. The molecule has 160 valence electrons. The molecule has 2 bridgehead atoms. The zero-order chi connectivity index (χ0) is 22.6. The molecular formula is C21H18FN9O. The monoisotopic (exact) mass is 431 g/mol. The number of fused-ring (bicyclic) bond motifs is 7. The lowest BCUT2D eigenvalue weighted by atomic mass is 9.97. The average molecular weight is 431 g/mol. The standard InChI is InChI=1S/C21H18FN9O/c1-10-13-6-11(22)4-5-12(13)19-15(28-31(3)29-19)7-14-18(17(8-23)30(2)27-14)16-9-25-20(24)21(26-16)32-10/h4-6,9-10H,7H2,1-3H3,(H2,24,25)/t10-/m1/s1. The number of nitrogens with zero attached hydrogens (tertiary/aromatic N) is 8. The quantitative estimate of drug-likeness (QED) is 0.448. The summed E-state index contributed by atoms with van der Waals surface area (Å²) in [6.07, 6.45) is 1.14. The van der Waals surface area contributed by atoms with E-state index in [1.165, 1.54) is 27.8 Å². The molecule has 0 aliphatic carbocycles. The van der Waals surface area contributed by atoms with E-state index >= 15 is 0 Å². The van der Waals surface area contributed by atoms with Crippen LogP contribution in [0.1, 0.15) is 35.7 Å². The fourth-order valence-electron chi connectivity index (χ4n) is 3.94. The highest BCUT2D eigenvalue weighted by atomic mass is 19.1. The van der Waals surface area contributed by atoms with E-state index in [1.807, 2.05) is 0 Å². The Labute approximate surface area is 182 Å². The van der Waals surface area contributed by atoms with Crippen LogP contribution in [0.3, 0.4) is 0 Å². The van der Waals surface area contributed by atoms with Crippen molar-refractivity contribution in [1.82, 2.24) is 34.7 Å². The third kappa shape index (κ3) is 3.04. The summed E-state index contributed by atoms with van der Waals surface area (Å²) in [4.78, 5) is 10.2. The summed E-state index contributed by atoms with van der Waals surface area (Å²) in [5.74, 6) is -0.237. The second kappa shape index (κ2) is 7.12. The Balaban J connectivity index is 1.84. The second-order valence-electron chi connectivity index (χ2n) is 7.50. The Kier molecular flexibility index (Phi) is 4.37. The molecule has 2 N–H and O–H groups in total. The molecule has 0 unspecified atom stereocenters. The predicted molar refractivity (Wildman–Crippen MR) is 112 cm³/mol. The van der Waals surface area contributed by atoms with Crippen molar-refractivity contribution in [3.8, 4) is 34.5 Å². The Hall–Kier alpha value is -4.33. The number of aryl methyl sites for hydroxylation is 2. The molecule has 1 aliphatic heterocycles. The molecule has 0 spiro atoms. The van der Waals surface area contributed by atoms with Crippen LogP contribution in [0, 0.1) is 17.1 Å². The van der Waals surface area contributed by atoms with Gasteiger partial charge in [-0.25, -0.2) is 14.4 Å². The summed E-state index contributed by atoms with van der Waals surface area (Å²) in [6, 6.07) is 6.59. The van der Waals surface area contributed by atoms with Crippen LogP contribution in [0.4, 0.5) is 10.2 Å². The molecule has 32 heavy (non-hydrogen) atoms. The van der Waals surface area contributed by atoms with Crippen LogP contribution in [0.2, 0.25) is 0 Å². The van der Waals surface area contributed by atoms with E-state index < -0.39 is 11.9 Å². The maximum absolute atomic E-state index is 14.2. The number of nitrogen functional groups attached to an aromatic ring is 1. The van der Waals surface area contributed by atoms with Crippen LogP contribution in [-0.4, -0.2) is 34.7 Å². The van der Waals surface area contributed by atoms with Gasteiger partial charge in [-0.05, 0) is 25.1 Å². The molecule has 0 saturated carbocycles. The molecule has 11 heteroatoms. The van der Waals surface area contributed by atoms with Crippen molar-refractivity contribution in [3.63, 3.8) is 0 Å². The average Bonchev–Trinajstić information content (AvgIpc) is 3.27. The lowest BCUT2D eigenvalue weighted by molar-refractivity contribution is 0.218. The van der Waals surface area contributed by atoms with E-state index in [1.54, 1.807) is 27.1 Å². The largest absolute Gasteiger partial charge is 0.467 e. The second-order valence-corrected chi connectivity index (χ2v) is 7.50. The fraction of sp³-hybridized carbons (Fsp3) is 0.238.